The van der Waals surface area contributed by atoms with Crippen LogP contribution < -0.4 is 4.74 Å². The fraction of sp³-hybridized carbons (Fsp3) is 0.617. The Balaban J connectivity index is 0.987. The van der Waals surface area contributed by atoms with Gasteiger partial charge >= 0.3 is 7.82 Å². The van der Waals surface area contributed by atoms with Crippen LogP contribution in [0.3, 0.4) is 0 Å². The summed E-state index contributed by atoms with van der Waals surface area (Å²) in [7, 11) is -2.81. The molecular weight excluding hydrogens is 721 g/mol. The second kappa shape index (κ2) is 12.6. The molecule has 56 heavy (non-hydrogen) atoms. The van der Waals surface area contributed by atoms with Crippen molar-refractivity contribution >= 4 is 7.82 Å². The number of phenolic OH excluding ortho intramolecular Hbond substituents is 1. The summed E-state index contributed by atoms with van der Waals surface area (Å²) >= 11 is 0. The molecule has 6 fully saturated rings. The fourth-order valence-corrected chi connectivity index (χ4v) is 15.2. The number of likely N-dealkylation sites (tertiary alicyclic amines) is 1. The molecule has 2 N–H and O–H groups in total. The van der Waals surface area contributed by atoms with Gasteiger partial charge in [-0.15, -0.1) is 0 Å². The van der Waals surface area contributed by atoms with Crippen LogP contribution in [0.15, 0.2) is 72.8 Å². The second-order valence-electron chi connectivity index (χ2n) is 19.9. The van der Waals surface area contributed by atoms with Crippen molar-refractivity contribution in [1.82, 2.24) is 4.90 Å². The zero-order valence-electron chi connectivity index (χ0n) is 33.8. The topological polar surface area (TPSA) is 97.7 Å². The minimum absolute atomic E-state index is 0.167. The first-order valence-electron chi connectivity index (χ1n) is 21.4. The number of nitrogens with zero attached hydrogens (tertiary/aromatic N) is 1. The van der Waals surface area contributed by atoms with E-state index < -0.39 is 30.5 Å². The largest absolute Gasteiger partial charge is 0.504 e. The number of hydrogen-bond donors (Lipinski definition) is 2. The van der Waals surface area contributed by atoms with E-state index >= 15 is 0 Å². The maximum Gasteiger partial charge on any atom is 0.473 e. The molecule has 11 rings (SSSR count). The van der Waals surface area contributed by atoms with Crippen LogP contribution in [0.2, 0.25) is 0 Å². The first kappa shape index (κ1) is 37.6. The minimum atomic E-state index is -4.60. The average molecular weight is 782 g/mol. The Hall–Kier alpha value is -2.71. The van der Waals surface area contributed by atoms with Crippen molar-refractivity contribution in [3.8, 4) is 11.5 Å². The molecule has 3 aromatic carbocycles. The molecule has 300 valence electrons. The Morgan fingerprint density at radius 1 is 0.875 bits per heavy atom. The number of methoxy groups -OCH3 is 1. The molecule has 0 aromatic heterocycles. The smallest absolute Gasteiger partial charge is 0.473 e. The molecular formula is C47H60NO7P. The van der Waals surface area contributed by atoms with Crippen molar-refractivity contribution in [3.63, 3.8) is 0 Å². The van der Waals surface area contributed by atoms with Gasteiger partial charge in [-0.2, -0.15) is 0 Å². The van der Waals surface area contributed by atoms with Crippen LogP contribution in [0, 0.1) is 22.7 Å². The molecule has 3 aromatic rings. The number of benzene rings is 3. The predicted octanol–water partition coefficient (Wildman–Crippen LogP) is 9.48. The van der Waals surface area contributed by atoms with Gasteiger partial charge in [0.1, 0.15) is 11.7 Å². The molecule has 8 nitrogen and oxygen atoms in total. The molecule has 4 bridgehead atoms. The molecule has 8 unspecified atom stereocenters. The summed E-state index contributed by atoms with van der Waals surface area (Å²) in [5, 5.41) is 11.4. The van der Waals surface area contributed by atoms with E-state index in [2.05, 4.69) is 92.4 Å². The summed E-state index contributed by atoms with van der Waals surface area (Å²) in [6.07, 6.45) is 9.12. The summed E-state index contributed by atoms with van der Waals surface area (Å²) in [6, 6.07) is 25.6. The van der Waals surface area contributed by atoms with E-state index in [9.17, 15) is 14.6 Å². The van der Waals surface area contributed by atoms with Crippen LogP contribution in [0.5, 0.6) is 11.5 Å². The van der Waals surface area contributed by atoms with Crippen molar-refractivity contribution in [2.24, 2.45) is 22.7 Å². The van der Waals surface area contributed by atoms with E-state index in [-0.39, 0.29) is 34.0 Å². The molecule has 1 saturated heterocycles. The van der Waals surface area contributed by atoms with Crippen LogP contribution in [0.25, 0.3) is 0 Å². The minimum Gasteiger partial charge on any atom is -0.504 e. The maximum absolute atomic E-state index is 14.7. The molecule has 2 aliphatic heterocycles. The summed E-state index contributed by atoms with van der Waals surface area (Å²) < 4.78 is 41.8. The van der Waals surface area contributed by atoms with Crippen molar-refractivity contribution in [3.05, 3.63) is 95.1 Å². The Morgan fingerprint density at radius 2 is 1.54 bits per heavy atom. The number of phenols is 1. The number of hydrogen-bond acceptors (Lipinski definition) is 7. The van der Waals surface area contributed by atoms with Gasteiger partial charge in [-0.3, -0.25) is 13.9 Å². The van der Waals surface area contributed by atoms with Gasteiger partial charge in [0, 0.05) is 47.4 Å². The lowest BCUT2D eigenvalue weighted by atomic mass is 9.33. The number of fused-ring (bicyclic) bond motifs is 2. The average Bonchev–Trinajstić information content (AvgIpc) is 3.93. The third-order valence-corrected chi connectivity index (χ3v) is 18.0. The lowest BCUT2D eigenvalue weighted by Crippen LogP contribution is -2.83. The van der Waals surface area contributed by atoms with Gasteiger partial charge in [-0.25, -0.2) is 4.57 Å². The lowest BCUT2D eigenvalue weighted by Gasteiger charge is -2.75. The summed E-state index contributed by atoms with van der Waals surface area (Å²) in [5.41, 5.74) is 1.84. The molecule has 2 spiro atoms. The van der Waals surface area contributed by atoms with Crippen LogP contribution in [-0.4, -0.2) is 64.6 Å². The molecule has 5 saturated carbocycles. The number of phosphoric ester groups is 1. The highest BCUT2D eigenvalue weighted by Gasteiger charge is 2.83. The fourth-order valence-electron chi connectivity index (χ4n) is 13.7. The van der Waals surface area contributed by atoms with Gasteiger partial charge in [0.15, 0.2) is 11.5 Å². The van der Waals surface area contributed by atoms with E-state index in [4.69, 9.17) is 18.5 Å². The normalized spacial score (nSPS) is 35.3. The Bertz CT molecular complexity index is 2000. The monoisotopic (exact) mass is 781 g/mol. The summed E-state index contributed by atoms with van der Waals surface area (Å²) in [5.74, 6) is 1.30. The van der Waals surface area contributed by atoms with Crippen LogP contribution in [0.4, 0.5) is 0 Å². The van der Waals surface area contributed by atoms with E-state index in [0.717, 1.165) is 64.0 Å². The molecule has 6 aliphatic carbocycles. The third kappa shape index (κ3) is 5.11. The SMILES string of the molecule is COC12CCC3(CC1C(C)(OP(=O)(O)OC1CCC(c4ccccc4)(c4ccccc4)CC1)C(C)(C)C)C1Cc4ccc(O)c5c4C3(CCN1CC1CC1)C2O5. The number of piperidine rings is 1. The van der Waals surface area contributed by atoms with Crippen molar-refractivity contribution in [2.45, 2.75) is 139 Å². The summed E-state index contributed by atoms with van der Waals surface area (Å²) in [4.78, 5) is 14.8. The number of aromatic hydroxyl groups is 1. The van der Waals surface area contributed by atoms with Crippen LogP contribution >= 0.6 is 7.82 Å². The zero-order valence-corrected chi connectivity index (χ0v) is 34.7. The van der Waals surface area contributed by atoms with Crippen LogP contribution in [-0.2, 0) is 35.6 Å². The van der Waals surface area contributed by atoms with Gasteiger partial charge in [0.25, 0.3) is 0 Å². The van der Waals surface area contributed by atoms with Crippen molar-refractivity contribution < 1.29 is 33.1 Å². The van der Waals surface area contributed by atoms with Crippen LogP contribution in [0.1, 0.15) is 114 Å². The van der Waals surface area contributed by atoms with Gasteiger partial charge in [-0.05, 0) is 118 Å². The molecule has 8 atom stereocenters. The first-order valence-corrected chi connectivity index (χ1v) is 22.9. The van der Waals surface area contributed by atoms with Gasteiger partial charge in [0.05, 0.1) is 11.7 Å². The lowest BCUT2D eigenvalue weighted by molar-refractivity contribution is -0.310. The molecule has 8 aliphatic rings. The standard InChI is InChI=1S/C47H60NO7P/c1-42(2,3)43(4,55-56(50,51)54-35-20-22-44(23-21-35,33-12-8-6-9-13-33)34-14-10-7-11-15-34)37-29-45-24-25-47(37,52-5)41-46(45)26-27-48(30-31-16-17-31)38(45)28-32-18-19-36(49)40(53-41)39(32)46/h6-15,18-19,31,35,37-38,41,49H,16-17,20-30H2,1-5H3,(H,50,51). The molecule has 0 amide bonds. The van der Waals surface area contributed by atoms with Gasteiger partial charge in [0.2, 0.25) is 0 Å². The highest BCUT2D eigenvalue weighted by molar-refractivity contribution is 7.47. The van der Waals surface area contributed by atoms with E-state index in [1.54, 1.807) is 7.11 Å². The zero-order chi connectivity index (χ0) is 38.9. The quantitative estimate of drug-likeness (QED) is 0.197. The highest BCUT2D eigenvalue weighted by atomic mass is 31.2. The Labute approximate surface area is 332 Å². The second-order valence-corrected chi connectivity index (χ2v) is 21.3. The highest BCUT2D eigenvalue weighted by Crippen LogP contribution is 2.79. The molecule has 0 radical (unpaired) electrons. The number of rotatable bonds is 10. The Morgan fingerprint density at radius 3 is 2.14 bits per heavy atom. The summed E-state index contributed by atoms with van der Waals surface area (Å²) in [6.45, 7) is 10.5. The predicted molar refractivity (Wildman–Crippen MR) is 216 cm³/mol. The number of ether oxygens (including phenoxy) is 2. The van der Waals surface area contributed by atoms with Gasteiger partial charge < -0.3 is 19.5 Å². The van der Waals surface area contributed by atoms with E-state index in [1.165, 1.54) is 35.1 Å². The molecule has 2 heterocycles. The van der Waals surface area contributed by atoms with E-state index in [1.807, 2.05) is 13.0 Å². The number of phosphoric acid groups is 1. The van der Waals surface area contributed by atoms with E-state index in [0.29, 0.717) is 24.6 Å². The Kier molecular flexibility index (Phi) is 8.48. The van der Waals surface area contributed by atoms with Crippen molar-refractivity contribution in [2.75, 3.05) is 20.2 Å². The van der Waals surface area contributed by atoms with Crippen molar-refractivity contribution in [1.29, 1.82) is 0 Å². The first-order chi connectivity index (χ1) is 26.7. The third-order valence-electron chi connectivity index (χ3n) is 16.8. The molecule has 9 heteroatoms. The van der Waals surface area contributed by atoms with Gasteiger partial charge in [-0.1, -0.05) is 87.5 Å². The maximum atomic E-state index is 14.7.